The number of hydrogen-bond donors (Lipinski definition) is 1. The second-order valence-electron chi connectivity index (χ2n) is 6.15. The molecule has 0 spiro atoms. The summed E-state index contributed by atoms with van der Waals surface area (Å²) in [7, 11) is 0. The molecule has 1 amide bonds. The van der Waals surface area contributed by atoms with Crippen LogP contribution in [0.5, 0.6) is 0 Å². The molecule has 1 atom stereocenters. The average Bonchev–Trinajstić information content (AvgIpc) is 3.09. The van der Waals surface area contributed by atoms with Crippen molar-refractivity contribution in [2.45, 2.75) is 19.9 Å². The zero-order valence-electron chi connectivity index (χ0n) is 15.4. The van der Waals surface area contributed by atoms with E-state index < -0.39 is 18.5 Å². The van der Waals surface area contributed by atoms with Gasteiger partial charge in [0.1, 0.15) is 11.6 Å². The van der Waals surface area contributed by atoms with Gasteiger partial charge in [0, 0.05) is 0 Å². The van der Waals surface area contributed by atoms with E-state index in [1.54, 1.807) is 6.92 Å². The Morgan fingerprint density at radius 3 is 2.50 bits per heavy atom. The van der Waals surface area contributed by atoms with Gasteiger partial charge in [0.2, 0.25) is 0 Å². The van der Waals surface area contributed by atoms with Gasteiger partial charge in [-0.3, -0.25) is 4.79 Å². The van der Waals surface area contributed by atoms with Crippen LogP contribution in [-0.4, -0.2) is 33.2 Å². The summed E-state index contributed by atoms with van der Waals surface area (Å²) in [4.78, 5) is 28.2. The largest absolute Gasteiger partial charge is 0.450 e. The summed E-state index contributed by atoms with van der Waals surface area (Å²) in [5, 5.41) is 6.83. The van der Waals surface area contributed by atoms with Crippen molar-refractivity contribution < 1.29 is 18.7 Å². The third-order valence-corrected chi connectivity index (χ3v) is 4.03. The van der Waals surface area contributed by atoms with Crippen molar-refractivity contribution in [2.24, 2.45) is 0 Å². The molecule has 0 bridgehead atoms. The van der Waals surface area contributed by atoms with E-state index in [9.17, 15) is 14.0 Å². The molecule has 1 N–H and O–H groups in total. The van der Waals surface area contributed by atoms with E-state index in [0.717, 1.165) is 5.56 Å². The number of esters is 1. The Kier molecular flexibility index (Phi) is 5.78. The van der Waals surface area contributed by atoms with Crippen LogP contribution in [0.1, 0.15) is 35.0 Å². The van der Waals surface area contributed by atoms with E-state index in [1.165, 1.54) is 28.9 Å². The molecule has 7 nitrogen and oxygen atoms in total. The first kappa shape index (κ1) is 19.2. The van der Waals surface area contributed by atoms with Crippen molar-refractivity contribution in [1.29, 1.82) is 0 Å². The van der Waals surface area contributed by atoms with E-state index in [0.29, 0.717) is 11.5 Å². The van der Waals surface area contributed by atoms with Crippen LogP contribution in [0.15, 0.2) is 54.6 Å². The van der Waals surface area contributed by atoms with Crippen LogP contribution >= 0.6 is 0 Å². The molecule has 0 aliphatic carbocycles. The molecule has 1 heterocycles. The monoisotopic (exact) mass is 382 g/mol. The number of rotatable bonds is 6. The van der Waals surface area contributed by atoms with Gasteiger partial charge in [-0.25, -0.2) is 18.9 Å². The maximum Gasteiger partial charge on any atom is 0.378 e. The molecule has 1 unspecified atom stereocenters. The third kappa shape index (κ3) is 4.59. The van der Waals surface area contributed by atoms with Crippen molar-refractivity contribution in [3.05, 3.63) is 77.6 Å². The highest BCUT2D eigenvalue weighted by Gasteiger charge is 2.18. The van der Waals surface area contributed by atoms with Crippen molar-refractivity contribution in [3.8, 4) is 5.69 Å². The fourth-order valence-electron chi connectivity index (χ4n) is 2.61. The Morgan fingerprint density at radius 2 is 1.82 bits per heavy atom. The minimum absolute atomic E-state index is 0.175. The van der Waals surface area contributed by atoms with Crippen LogP contribution < -0.4 is 5.32 Å². The van der Waals surface area contributed by atoms with Gasteiger partial charge >= 0.3 is 5.97 Å². The molecule has 0 saturated carbocycles. The quantitative estimate of drug-likeness (QED) is 0.663. The van der Waals surface area contributed by atoms with Crippen molar-refractivity contribution in [1.82, 2.24) is 20.1 Å². The number of benzene rings is 2. The lowest BCUT2D eigenvalue weighted by Gasteiger charge is -2.13. The van der Waals surface area contributed by atoms with E-state index in [-0.39, 0.29) is 17.7 Å². The number of hydrogen-bond acceptors (Lipinski definition) is 5. The predicted octanol–water partition coefficient (Wildman–Crippen LogP) is 2.75. The zero-order chi connectivity index (χ0) is 20.1. The predicted molar refractivity (Wildman–Crippen MR) is 99.3 cm³/mol. The lowest BCUT2D eigenvalue weighted by molar-refractivity contribution is -0.124. The van der Waals surface area contributed by atoms with Crippen LogP contribution in [0.4, 0.5) is 4.39 Å². The van der Waals surface area contributed by atoms with Gasteiger partial charge in [0.05, 0.1) is 11.7 Å². The molecule has 28 heavy (non-hydrogen) atoms. The highest BCUT2D eigenvalue weighted by atomic mass is 19.1. The highest BCUT2D eigenvalue weighted by molar-refractivity contribution is 5.88. The number of ether oxygens (including phenoxy) is 1. The molecule has 2 aromatic carbocycles. The maximum atomic E-state index is 13.1. The second kappa shape index (κ2) is 8.43. The number of amides is 1. The molecule has 3 rings (SSSR count). The van der Waals surface area contributed by atoms with Crippen molar-refractivity contribution >= 4 is 11.9 Å². The van der Waals surface area contributed by atoms with Gasteiger partial charge in [-0.1, -0.05) is 30.3 Å². The standard InChI is InChI=1S/C20H19FN4O3/c1-13(15-6-4-3-5-7-15)22-18(26)12-28-20(27)19-23-14(2)25(24-19)17-10-8-16(21)9-11-17/h3-11,13H,12H2,1-2H3,(H,22,26). The van der Waals surface area contributed by atoms with Gasteiger partial charge in [-0.2, -0.15) is 0 Å². The molecule has 0 aliphatic rings. The van der Waals surface area contributed by atoms with Crippen molar-refractivity contribution in [3.63, 3.8) is 0 Å². The number of nitrogens with zero attached hydrogens (tertiary/aromatic N) is 3. The lowest BCUT2D eigenvalue weighted by atomic mass is 10.1. The topological polar surface area (TPSA) is 86.1 Å². The summed E-state index contributed by atoms with van der Waals surface area (Å²) in [6.07, 6.45) is 0. The normalized spacial score (nSPS) is 11.7. The smallest absolute Gasteiger partial charge is 0.378 e. The van der Waals surface area contributed by atoms with Crippen LogP contribution in [0, 0.1) is 12.7 Å². The van der Waals surface area contributed by atoms with Crippen LogP contribution in [0.25, 0.3) is 5.69 Å². The highest BCUT2D eigenvalue weighted by Crippen LogP contribution is 2.12. The summed E-state index contributed by atoms with van der Waals surface area (Å²) in [5.41, 5.74) is 1.50. The zero-order valence-corrected chi connectivity index (χ0v) is 15.4. The lowest BCUT2D eigenvalue weighted by Crippen LogP contribution is -2.31. The Labute approximate surface area is 161 Å². The fourth-order valence-corrected chi connectivity index (χ4v) is 2.61. The summed E-state index contributed by atoms with van der Waals surface area (Å²) in [6.45, 7) is 3.05. The summed E-state index contributed by atoms with van der Waals surface area (Å²) >= 11 is 0. The summed E-state index contributed by atoms with van der Waals surface area (Å²) in [6, 6.07) is 14.8. The molecule has 3 aromatic rings. The molecule has 8 heteroatoms. The minimum Gasteiger partial charge on any atom is -0.450 e. The average molecular weight is 382 g/mol. The van der Waals surface area contributed by atoms with Crippen LogP contribution in [0.3, 0.4) is 0 Å². The molecule has 0 radical (unpaired) electrons. The fraction of sp³-hybridized carbons (Fsp3) is 0.200. The van der Waals surface area contributed by atoms with E-state index in [2.05, 4.69) is 15.4 Å². The Morgan fingerprint density at radius 1 is 1.14 bits per heavy atom. The Hall–Kier alpha value is -3.55. The molecule has 0 saturated heterocycles. The first-order valence-corrected chi connectivity index (χ1v) is 8.65. The van der Waals surface area contributed by atoms with E-state index in [1.807, 2.05) is 37.3 Å². The number of halogens is 1. The molecule has 144 valence electrons. The number of aromatic nitrogens is 3. The summed E-state index contributed by atoms with van der Waals surface area (Å²) in [5.74, 6) is -1.37. The van der Waals surface area contributed by atoms with E-state index in [4.69, 9.17) is 4.74 Å². The van der Waals surface area contributed by atoms with Gasteiger partial charge in [-0.15, -0.1) is 5.10 Å². The Balaban J connectivity index is 1.58. The molecule has 0 fully saturated rings. The molecular weight excluding hydrogens is 363 g/mol. The summed E-state index contributed by atoms with van der Waals surface area (Å²) < 4.78 is 19.5. The molecule has 0 aliphatic heterocycles. The first-order chi connectivity index (χ1) is 13.4. The number of carbonyl (C=O) groups is 2. The number of nitrogens with one attached hydrogen (secondary N) is 1. The SMILES string of the molecule is Cc1nc(C(=O)OCC(=O)NC(C)c2ccccc2)nn1-c1ccc(F)cc1. The van der Waals surface area contributed by atoms with Crippen molar-refractivity contribution in [2.75, 3.05) is 6.61 Å². The number of aryl methyl sites for hydroxylation is 1. The second-order valence-corrected chi connectivity index (χ2v) is 6.15. The van der Waals surface area contributed by atoms with Gasteiger partial charge in [0.25, 0.3) is 11.7 Å². The number of carbonyl (C=O) groups excluding carboxylic acids is 2. The van der Waals surface area contributed by atoms with Crippen LogP contribution in [-0.2, 0) is 9.53 Å². The molecule has 1 aromatic heterocycles. The van der Waals surface area contributed by atoms with Gasteiger partial charge in [0.15, 0.2) is 6.61 Å². The minimum atomic E-state index is -0.813. The Bertz CT molecular complexity index is 971. The molecular formula is C20H19FN4O3. The first-order valence-electron chi connectivity index (χ1n) is 8.65. The van der Waals surface area contributed by atoms with Crippen LogP contribution in [0.2, 0.25) is 0 Å². The maximum absolute atomic E-state index is 13.1. The van der Waals surface area contributed by atoms with E-state index >= 15 is 0 Å². The van der Waals surface area contributed by atoms with Gasteiger partial charge in [-0.05, 0) is 43.7 Å². The van der Waals surface area contributed by atoms with Gasteiger partial charge < -0.3 is 10.1 Å². The third-order valence-electron chi connectivity index (χ3n) is 4.03.